The van der Waals surface area contributed by atoms with Gasteiger partial charge in [0.05, 0.1) is 20.9 Å². The van der Waals surface area contributed by atoms with Crippen LogP contribution in [0.25, 0.3) is 10.2 Å². The second kappa shape index (κ2) is 9.26. The molecule has 2 aromatic carbocycles. The minimum Gasteiger partial charge on any atom is -0.316 e. The number of fused-ring (bicyclic) bond motifs is 1. The van der Waals surface area contributed by atoms with Crippen molar-refractivity contribution < 1.29 is 13.2 Å². The summed E-state index contributed by atoms with van der Waals surface area (Å²) in [5, 5.41) is 0.623. The highest BCUT2D eigenvalue weighted by Crippen LogP contribution is 2.22. The van der Waals surface area contributed by atoms with Gasteiger partial charge in [-0.3, -0.25) is 4.79 Å². The summed E-state index contributed by atoms with van der Waals surface area (Å²) < 4.78 is 27.6. The van der Waals surface area contributed by atoms with E-state index in [4.69, 9.17) is 11.6 Å². The molecule has 3 aromatic rings. The van der Waals surface area contributed by atoms with Crippen LogP contribution in [0.3, 0.4) is 0 Å². The standard InChI is InChI=1S/C19H19ClN2O3S3/c1-26-11-10-22-16-8-7-14(20)13-17(16)27-19(22)21-18(23)9-12-28(24,25)15-5-3-2-4-6-15/h2-8,13H,9-12H2,1H3. The number of thioether (sulfide) groups is 1. The Labute approximate surface area is 177 Å². The van der Waals surface area contributed by atoms with E-state index in [1.54, 1.807) is 30.0 Å². The van der Waals surface area contributed by atoms with Crippen molar-refractivity contribution in [2.24, 2.45) is 4.99 Å². The number of nitrogens with zero attached hydrogens (tertiary/aromatic N) is 2. The van der Waals surface area contributed by atoms with E-state index >= 15 is 0 Å². The third kappa shape index (κ3) is 5.05. The van der Waals surface area contributed by atoms with E-state index in [1.165, 1.54) is 23.5 Å². The number of hydrogen-bond acceptors (Lipinski definition) is 5. The number of carbonyl (C=O) groups is 1. The summed E-state index contributed by atoms with van der Waals surface area (Å²) >= 11 is 9.16. The molecule has 148 valence electrons. The van der Waals surface area contributed by atoms with Crippen molar-refractivity contribution in [2.75, 3.05) is 17.8 Å². The third-order valence-electron chi connectivity index (χ3n) is 4.07. The molecule has 0 saturated carbocycles. The molecule has 0 unspecified atom stereocenters. The predicted octanol–water partition coefficient (Wildman–Crippen LogP) is 4.01. The van der Waals surface area contributed by atoms with Gasteiger partial charge in [-0.1, -0.05) is 41.1 Å². The Bertz CT molecular complexity index is 1150. The van der Waals surface area contributed by atoms with Gasteiger partial charge in [-0.15, -0.1) is 0 Å². The molecule has 9 heteroatoms. The molecule has 0 saturated heterocycles. The van der Waals surface area contributed by atoms with Gasteiger partial charge >= 0.3 is 0 Å². The van der Waals surface area contributed by atoms with Crippen LogP contribution in [-0.2, 0) is 21.2 Å². The van der Waals surface area contributed by atoms with Crippen molar-refractivity contribution in [1.82, 2.24) is 4.57 Å². The van der Waals surface area contributed by atoms with Crippen LogP contribution in [-0.4, -0.2) is 36.7 Å². The van der Waals surface area contributed by atoms with Crippen LogP contribution in [0.2, 0.25) is 5.02 Å². The number of aromatic nitrogens is 1. The number of rotatable bonds is 7. The molecule has 0 bridgehead atoms. The Morgan fingerprint density at radius 1 is 1.21 bits per heavy atom. The zero-order chi connectivity index (χ0) is 20.1. The van der Waals surface area contributed by atoms with Gasteiger partial charge < -0.3 is 4.57 Å². The molecule has 0 radical (unpaired) electrons. The monoisotopic (exact) mass is 454 g/mol. The summed E-state index contributed by atoms with van der Waals surface area (Å²) in [6, 6.07) is 13.7. The first-order valence-electron chi connectivity index (χ1n) is 8.54. The summed E-state index contributed by atoms with van der Waals surface area (Å²) in [6.45, 7) is 0.706. The van der Waals surface area contributed by atoms with E-state index in [0.29, 0.717) is 16.4 Å². The number of carbonyl (C=O) groups excluding carboxylic acids is 1. The lowest BCUT2D eigenvalue weighted by molar-refractivity contribution is -0.117. The average molecular weight is 455 g/mol. The Hall–Kier alpha value is -1.61. The number of sulfone groups is 1. The molecular formula is C19H19ClN2O3S3. The van der Waals surface area contributed by atoms with E-state index < -0.39 is 15.7 Å². The molecule has 1 heterocycles. The Kier molecular flexibility index (Phi) is 6.98. The molecule has 0 aliphatic heterocycles. The molecule has 0 atom stereocenters. The lowest BCUT2D eigenvalue weighted by atomic mass is 10.3. The maximum atomic E-state index is 12.4. The second-order valence-corrected chi connectivity index (χ2v) is 10.6. The van der Waals surface area contributed by atoms with Gasteiger partial charge in [0, 0.05) is 23.7 Å². The SMILES string of the molecule is CSCCn1c(=NC(=O)CCS(=O)(=O)c2ccccc2)sc2cc(Cl)ccc21. The third-order valence-corrected chi connectivity index (χ3v) is 7.67. The van der Waals surface area contributed by atoms with Crippen LogP contribution in [0.4, 0.5) is 0 Å². The molecule has 0 aliphatic carbocycles. The van der Waals surface area contributed by atoms with E-state index in [0.717, 1.165) is 16.0 Å². The summed E-state index contributed by atoms with van der Waals surface area (Å²) in [5.41, 5.74) is 0.965. The number of aryl methyl sites for hydroxylation is 1. The summed E-state index contributed by atoms with van der Waals surface area (Å²) in [4.78, 5) is 17.4. The van der Waals surface area contributed by atoms with E-state index in [2.05, 4.69) is 4.99 Å². The molecular weight excluding hydrogens is 436 g/mol. The topological polar surface area (TPSA) is 68.5 Å². The average Bonchev–Trinajstić information content (AvgIpc) is 3.01. The molecule has 0 spiro atoms. The first kappa shape index (κ1) is 21.1. The zero-order valence-corrected chi connectivity index (χ0v) is 18.4. The molecule has 0 fully saturated rings. The Morgan fingerprint density at radius 2 is 1.96 bits per heavy atom. The maximum absolute atomic E-state index is 12.4. The minimum atomic E-state index is -3.51. The number of hydrogen-bond donors (Lipinski definition) is 0. The first-order valence-corrected chi connectivity index (χ1v) is 12.8. The van der Waals surface area contributed by atoms with E-state index in [1.807, 2.05) is 29.0 Å². The van der Waals surface area contributed by atoms with Crippen molar-refractivity contribution in [3.63, 3.8) is 0 Å². The Balaban J connectivity index is 1.86. The normalized spacial score (nSPS) is 12.6. The van der Waals surface area contributed by atoms with Gasteiger partial charge in [0.25, 0.3) is 0 Å². The summed E-state index contributed by atoms with van der Waals surface area (Å²) in [5.74, 6) is 0.161. The fourth-order valence-electron chi connectivity index (χ4n) is 2.66. The Morgan fingerprint density at radius 3 is 2.68 bits per heavy atom. The largest absolute Gasteiger partial charge is 0.316 e. The van der Waals surface area contributed by atoms with Crippen molar-refractivity contribution >= 4 is 60.7 Å². The maximum Gasteiger partial charge on any atom is 0.249 e. The smallest absolute Gasteiger partial charge is 0.249 e. The van der Waals surface area contributed by atoms with Gasteiger partial charge in [-0.25, -0.2) is 8.42 Å². The molecule has 1 amide bonds. The highest BCUT2D eigenvalue weighted by Gasteiger charge is 2.16. The first-order chi connectivity index (χ1) is 13.4. The van der Waals surface area contributed by atoms with Gasteiger partial charge in [-0.2, -0.15) is 16.8 Å². The van der Waals surface area contributed by atoms with Crippen molar-refractivity contribution in [2.45, 2.75) is 17.9 Å². The lowest BCUT2D eigenvalue weighted by Gasteiger charge is -2.04. The van der Waals surface area contributed by atoms with Gasteiger partial charge in [-0.05, 0) is 36.6 Å². The van der Waals surface area contributed by atoms with Gasteiger partial charge in [0.2, 0.25) is 5.91 Å². The second-order valence-electron chi connectivity index (χ2n) is 6.03. The molecule has 0 aliphatic rings. The van der Waals surface area contributed by atoms with Crippen molar-refractivity contribution in [3.8, 4) is 0 Å². The van der Waals surface area contributed by atoms with Crippen molar-refractivity contribution in [1.29, 1.82) is 0 Å². The molecule has 5 nitrogen and oxygen atoms in total. The predicted molar refractivity (Wildman–Crippen MR) is 117 cm³/mol. The van der Waals surface area contributed by atoms with E-state index in [-0.39, 0.29) is 17.1 Å². The van der Waals surface area contributed by atoms with Crippen molar-refractivity contribution in [3.05, 3.63) is 58.4 Å². The van der Waals surface area contributed by atoms with Crippen LogP contribution in [0.5, 0.6) is 0 Å². The molecule has 1 aromatic heterocycles. The molecule has 28 heavy (non-hydrogen) atoms. The number of benzene rings is 2. The summed E-state index contributed by atoms with van der Waals surface area (Å²) in [7, 11) is -3.51. The highest BCUT2D eigenvalue weighted by molar-refractivity contribution is 7.98. The highest BCUT2D eigenvalue weighted by atomic mass is 35.5. The van der Waals surface area contributed by atoms with Gasteiger partial charge in [0.1, 0.15) is 0 Å². The van der Waals surface area contributed by atoms with Crippen LogP contribution < -0.4 is 4.80 Å². The van der Waals surface area contributed by atoms with Crippen LogP contribution in [0, 0.1) is 0 Å². The van der Waals surface area contributed by atoms with Crippen LogP contribution in [0.1, 0.15) is 6.42 Å². The number of amides is 1. The number of thiazole rings is 1. The molecule has 0 N–H and O–H groups in total. The fourth-order valence-corrected chi connectivity index (χ4v) is 5.63. The van der Waals surface area contributed by atoms with E-state index in [9.17, 15) is 13.2 Å². The quantitative estimate of drug-likeness (QED) is 0.540. The molecule has 3 rings (SSSR count). The van der Waals surface area contributed by atoms with Crippen LogP contribution in [0.15, 0.2) is 58.4 Å². The van der Waals surface area contributed by atoms with Gasteiger partial charge in [0.15, 0.2) is 14.6 Å². The minimum absolute atomic E-state index is 0.158. The lowest BCUT2D eigenvalue weighted by Crippen LogP contribution is -2.19. The zero-order valence-electron chi connectivity index (χ0n) is 15.2. The number of halogens is 1. The summed E-state index contributed by atoms with van der Waals surface area (Å²) in [6.07, 6.45) is 1.86. The fraction of sp³-hybridized carbons (Fsp3) is 0.263. The van der Waals surface area contributed by atoms with Crippen LogP contribution >= 0.6 is 34.7 Å².